The standard InChI is InChI=1S/C40H23NO2/c1-2-8-27(9-3-1)41-19-18-25-20-26-22-32(24-14-17-38-34(21-24)29-11-5-6-12-36(29)42-38)30-15-16-31-28-10-4-7-13-37(28)43-40(31)39(30)33(26)23-35(25)41/h1-23H. The third-order valence-electron chi connectivity index (χ3n) is 8.99. The highest BCUT2D eigenvalue weighted by Crippen LogP contribution is 2.44. The topological polar surface area (TPSA) is 31.2 Å². The second kappa shape index (κ2) is 8.37. The first-order chi connectivity index (χ1) is 21.3. The average molecular weight is 550 g/mol. The van der Waals surface area contributed by atoms with Gasteiger partial charge in [0.05, 0.1) is 5.52 Å². The van der Waals surface area contributed by atoms with Gasteiger partial charge in [0.15, 0.2) is 0 Å². The maximum absolute atomic E-state index is 6.67. The van der Waals surface area contributed by atoms with Crippen LogP contribution >= 0.6 is 0 Å². The van der Waals surface area contributed by atoms with Crippen LogP contribution in [-0.4, -0.2) is 4.57 Å². The monoisotopic (exact) mass is 549 g/mol. The molecular weight excluding hydrogens is 526 g/mol. The number of rotatable bonds is 2. The van der Waals surface area contributed by atoms with Crippen LogP contribution in [0.2, 0.25) is 0 Å². The van der Waals surface area contributed by atoms with Gasteiger partial charge < -0.3 is 13.4 Å². The number of benzene rings is 7. The van der Waals surface area contributed by atoms with Crippen LogP contribution in [0.5, 0.6) is 0 Å². The van der Waals surface area contributed by atoms with E-state index in [4.69, 9.17) is 8.83 Å². The average Bonchev–Trinajstić information content (AvgIpc) is 3.76. The summed E-state index contributed by atoms with van der Waals surface area (Å²) in [6.07, 6.45) is 2.16. The summed E-state index contributed by atoms with van der Waals surface area (Å²) < 4.78 is 15.1. The molecule has 43 heavy (non-hydrogen) atoms. The SMILES string of the molecule is c1ccc(-n2ccc3cc4cc(-c5ccc6oc7ccccc7c6c5)c5ccc6c7ccccc7oc6c5c4cc32)cc1. The van der Waals surface area contributed by atoms with Crippen molar-refractivity contribution in [1.82, 2.24) is 4.57 Å². The first-order valence-electron chi connectivity index (χ1n) is 14.6. The van der Waals surface area contributed by atoms with E-state index in [1.807, 2.05) is 18.2 Å². The van der Waals surface area contributed by atoms with Gasteiger partial charge in [-0.2, -0.15) is 0 Å². The normalized spacial score (nSPS) is 12.2. The molecule has 0 atom stereocenters. The number of furan rings is 2. The zero-order chi connectivity index (χ0) is 28.1. The van der Waals surface area contributed by atoms with Gasteiger partial charge in [-0.05, 0) is 94.0 Å². The van der Waals surface area contributed by atoms with E-state index < -0.39 is 0 Å². The first kappa shape index (κ1) is 22.8. The van der Waals surface area contributed by atoms with Crippen LogP contribution in [0.3, 0.4) is 0 Å². The van der Waals surface area contributed by atoms with Crippen molar-refractivity contribution in [2.75, 3.05) is 0 Å². The molecule has 0 fully saturated rings. The lowest BCUT2D eigenvalue weighted by Crippen LogP contribution is -1.91. The van der Waals surface area contributed by atoms with Gasteiger partial charge in [0, 0.05) is 44.2 Å². The molecular formula is C40H23NO2. The summed E-state index contributed by atoms with van der Waals surface area (Å²) >= 11 is 0. The van der Waals surface area contributed by atoms with Crippen molar-refractivity contribution in [2.24, 2.45) is 0 Å². The molecule has 3 heteroatoms. The lowest BCUT2D eigenvalue weighted by Gasteiger charge is -2.13. The number of fused-ring (bicyclic) bond motifs is 11. The Labute approximate surface area is 245 Å². The molecule has 10 aromatic rings. The van der Waals surface area contributed by atoms with Gasteiger partial charge in [-0.3, -0.25) is 0 Å². The van der Waals surface area contributed by atoms with Crippen LogP contribution < -0.4 is 0 Å². The molecule has 0 amide bonds. The van der Waals surface area contributed by atoms with Gasteiger partial charge >= 0.3 is 0 Å². The van der Waals surface area contributed by atoms with E-state index in [0.29, 0.717) is 0 Å². The van der Waals surface area contributed by atoms with Crippen molar-refractivity contribution in [3.63, 3.8) is 0 Å². The molecule has 200 valence electrons. The highest BCUT2D eigenvalue weighted by Gasteiger charge is 2.18. The lowest BCUT2D eigenvalue weighted by atomic mass is 9.91. The van der Waals surface area contributed by atoms with Gasteiger partial charge in [-0.15, -0.1) is 0 Å². The molecule has 7 aromatic carbocycles. The maximum atomic E-state index is 6.67. The summed E-state index contributed by atoms with van der Waals surface area (Å²) in [6, 6.07) is 47.4. The Hall–Kier alpha value is -5.80. The van der Waals surface area contributed by atoms with E-state index in [9.17, 15) is 0 Å². The predicted molar refractivity (Wildman–Crippen MR) is 178 cm³/mol. The van der Waals surface area contributed by atoms with E-state index in [1.54, 1.807) is 0 Å². The van der Waals surface area contributed by atoms with Crippen LogP contribution in [0.25, 0.3) is 93.1 Å². The molecule has 0 unspecified atom stereocenters. The summed E-state index contributed by atoms with van der Waals surface area (Å²) in [5, 5.41) is 10.4. The van der Waals surface area contributed by atoms with E-state index in [-0.39, 0.29) is 0 Å². The van der Waals surface area contributed by atoms with Gasteiger partial charge in [0.2, 0.25) is 0 Å². The maximum Gasteiger partial charge on any atom is 0.143 e. The second-order valence-corrected chi connectivity index (χ2v) is 11.3. The summed E-state index contributed by atoms with van der Waals surface area (Å²) in [7, 11) is 0. The molecule has 0 radical (unpaired) electrons. The molecule has 3 nitrogen and oxygen atoms in total. The fraction of sp³-hybridized carbons (Fsp3) is 0. The number of aromatic nitrogens is 1. The van der Waals surface area contributed by atoms with Gasteiger partial charge in [0.1, 0.15) is 22.3 Å². The molecule has 0 aliphatic heterocycles. The van der Waals surface area contributed by atoms with Crippen molar-refractivity contribution in [3.8, 4) is 16.8 Å². The number of hydrogen-bond acceptors (Lipinski definition) is 2. The molecule has 0 aliphatic rings. The van der Waals surface area contributed by atoms with E-state index >= 15 is 0 Å². The van der Waals surface area contributed by atoms with E-state index in [1.165, 1.54) is 32.6 Å². The molecule has 0 saturated carbocycles. The predicted octanol–water partition coefficient (Wildman–Crippen LogP) is 11.4. The van der Waals surface area contributed by atoms with E-state index in [0.717, 1.165) is 60.5 Å². The van der Waals surface area contributed by atoms with Crippen LogP contribution in [0.1, 0.15) is 0 Å². The van der Waals surface area contributed by atoms with Crippen LogP contribution in [0.15, 0.2) is 148 Å². The van der Waals surface area contributed by atoms with Crippen molar-refractivity contribution < 1.29 is 8.83 Å². The Morgan fingerprint density at radius 1 is 0.442 bits per heavy atom. The van der Waals surface area contributed by atoms with Crippen LogP contribution in [0.4, 0.5) is 0 Å². The van der Waals surface area contributed by atoms with Crippen molar-refractivity contribution >= 4 is 76.3 Å². The van der Waals surface area contributed by atoms with Gasteiger partial charge in [-0.25, -0.2) is 0 Å². The van der Waals surface area contributed by atoms with Gasteiger partial charge in [0.25, 0.3) is 0 Å². The summed E-state index contributed by atoms with van der Waals surface area (Å²) in [6.45, 7) is 0. The van der Waals surface area contributed by atoms with Gasteiger partial charge in [-0.1, -0.05) is 66.7 Å². The molecule has 0 saturated heterocycles. The quantitative estimate of drug-likeness (QED) is 0.201. The Kier molecular flexibility index (Phi) is 4.45. The zero-order valence-corrected chi connectivity index (χ0v) is 23.0. The third kappa shape index (κ3) is 3.19. The summed E-state index contributed by atoms with van der Waals surface area (Å²) in [5.41, 5.74) is 8.30. The largest absolute Gasteiger partial charge is 0.456 e. The lowest BCUT2D eigenvalue weighted by molar-refractivity contribution is 0.669. The molecule has 0 N–H and O–H groups in total. The fourth-order valence-electron chi connectivity index (χ4n) is 7.00. The molecule has 0 aliphatic carbocycles. The molecule has 10 rings (SSSR count). The minimum atomic E-state index is 0.902. The molecule has 0 bridgehead atoms. The molecule has 3 heterocycles. The van der Waals surface area contributed by atoms with Crippen LogP contribution in [0, 0.1) is 0 Å². The Morgan fingerprint density at radius 3 is 2.02 bits per heavy atom. The molecule has 3 aromatic heterocycles. The summed E-state index contributed by atoms with van der Waals surface area (Å²) in [5.74, 6) is 0. The number of hydrogen-bond donors (Lipinski definition) is 0. The van der Waals surface area contributed by atoms with Crippen molar-refractivity contribution in [1.29, 1.82) is 0 Å². The Bertz CT molecular complexity index is 2720. The third-order valence-corrected chi connectivity index (χ3v) is 8.99. The first-order valence-corrected chi connectivity index (χ1v) is 14.6. The minimum Gasteiger partial charge on any atom is -0.456 e. The minimum absolute atomic E-state index is 0.902. The number of para-hydroxylation sites is 3. The second-order valence-electron chi connectivity index (χ2n) is 11.3. The fourth-order valence-corrected chi connectivity index (χ4v) is 7.00. The zero-order valence-electron chi connectivity index (χ0n) is 23.0. The van der Waals surface area contributed by atoms with E-state index in [2.05, 4.69) is 126 Å². The van der Waals surface area contributed by atoms with Crippen molar-refractivity contribution in [3.05, 3.63) is 140 Å². The Balaban J connectivity index is 1.35. The molecule has 0 spiro atoms. The Morgan fingerprint density at radius 2 is 1.16 bits per heavy atom. The highest BCUT2D eigenvalue weighted by molar-refractivity contribution is 6.27. The number of nitrogens with zero attached hydrogens (tertiary/aromatic N) is 1. The van der Waals surface area contributed by atoms with Crippen LogP contribution in [-0.2, 0) is 0 Å². The van der Waals surface area contributed by atoms with Crippen molar-refractivity contribution in [2.45, 2.75) is 0 Å². The summed E-state index contributed by atoms with van der Waals surface area (Å²) in [4.78, 5) is 0. The highest BCUT2D eigenvalue weighted by atomic mass is 16.3. The smallest absolute Gasteiger partial charge is 0.143 e.